The smallest absolute Gasteiger partial charge is 0.164 e. The van der Waals surface area contributed by atoms with E-state index >= 15 is 0 Å². The first-order valence-electron chi connectivity index (χ1n) is 28.6. The van der Waals surface area contributed by atoms with Crippen molar-refractivity contribution in [2.75, 3.05) is 0 Å². The van der Waals surface area contributed by atoms with Crippen LogP contribution in [0.5, 0.6) is 0 Å². The Bertz CT molecular complexity index is 5230. The van der Waals surface area contributed by atoms with Crippen molar-refractivity contribution >= 4 is 273 Å². The second kappa shape index (κ2) is 31.1. The first-order chi connectivity index (χ1) is 45.1. The molecule has 0 amide bonds. The van der Waals surface area contributed by atoms with Gasteiger partial charge in [-0.2, -0.15) is 0 Å². The number of rotatable bonds is 16. The predicted molar refractivity (Wildman–Crippen MR) is 477 cm³/mol. The average Bonchev–Trinajstić information content (AvgIpc) is 1.58. The second-order valence-corrected chi connectivity index (χ2v) is 111. The van der Waals surface area contributed by atoms with Gasteiger partial charge in [-0.15, -0.1) is 107 Å². The molecular formula is C63H61N4O3P23. The van der Waals surface area contributed by atoms with E-state index in [4.69, 9.17) is 28.2 Å². The maximum absolute atomic E-state index is 6.75. The predicted octanol–water partition coefficient (Wildman–Crippen LogP) is 30.1. The standard InChI is InChI=1S/C63H36N4O3.H25P23/c1-3-14-37(15-4-1)39-27-30-52-49(32-39)43-18-7-10-22-51(43)67(52)42-35-48(59-46-20-9-12-24-54(46)70-58(59)36-42)40-28-31-55-50(33-40)60-47(21-13-25-56(60)68-55)63-65-61(38-16-5-2-6-17-38)64-62(66-63)41-26-29-45-44-19-8-11-23-53(44)69-57(45)34-41;1-13-19(12)22(18(10)11)23(20(14(2)3)15(4)5)21(16(6)7)17(8)9/h1-36H;13H,1-12H2. The zero-order chi connectivity index (χ0) is 64.3. The number of fused-ring (bicyclic) bond motifs is 12. The van der Waals surface area contributed by atoms with E-state index in [2.05, 4.69) is 251 Å². The van der Waals surface area contributed by atoms with E-state index in [1.807, 2.05) is 78.9 Å². The summed E-state index contributed by atoms with van der Waals surface area (Å²) < 4.78 is 22.1. The zero-order valence-corrected chi connectivity index (χ0v) is 73.0. The Kier molecular flexibility index (Phi) is 23.5. The maximum atomic E-state index is 6.75. The van der Waals surface area contributed by atoms with Gasteiger partial charge in [0.2, 0.25) is 0 Å². The fourth-order valence-electron chi connectivity index (χ4n) is 11.8. The van der Waals surface area contributed by atoms with Gasteiger partial charge in [0.05, 0.1) is 16.7 Å². The van der Waals surface area contributed by atoms with Crippen LogP contribution in [0.25, 0.3) is 150 Å². The van der Waals surface area contributed by atoms with Gasteiger partial charge in [0.15, 0.2) is 17.5 Å². The molecule has 30 heteroatoms. The summed E-state index contributed by atoms with van der Waals surface area (Å²) in [6.07, 6.45) is 0. The van der Waals surface area contributed by atoms with Crippen molar-refractivity contribution in [3.8, 4) is 62.1 Å². The van der Waals surface area contributed by atoms with Gasteiger partial charge in [0.1, 0.15) is 33.5 Å². The van der Waals surface area contributed by atoms with Crippen LogP contribution in [-0.2, 0) is 0 Å². The summed E-state index contributed by atoms with van der Waals surface area (Å²) in [7, 11) is 39.5. The van der Waals surface area contributed by atoms with Crippen molar-refractivity contribution in [1.29, 1.82) is 0 Å². The number of hydrogen-bond acceptors (Lipinski definition) is 6. The summed E-state index contributed by atoms with van der Waals surface area (Å²) in [5.41, 5.74) is 15.0. The summed E-state index contributed by atoms with van der Waals surface area (Å²) in [6, 6.07) is 75.8. The third-order valence-corrected chi connectivity index (χ3v) is 163. The van der Waals surface area contributed by atoms with E-state index in [1.54, 1.807) is 0 Å². The fourth-order valence-corrected chi connectivity index (χ4v) is 294. The lowest BCUT2D eigenvalue weighted by molar-refractivity contribution is 0.668. The van der Waals surface area contributed by atoms with Crippen LogP contribution in [0.3, 0.4) is 0 Å². The molecule has 93 heavy (non-hydrogen) atoms. The largest absolute Gasteiger partial charge is 0.456 e. The maximum Gasteiger partial charge on any atom is 0.164 e. The van der Waals surface area contributed by atoms with Crippen molar-refractivity contribution in [3.63, 3.8) is 0 Å². The Morgan fingerprint density at radius 3 is 1.47 bits per heavy atom. The molecule has 5 aromatic heterocycles. The van der Waals surface area contributed by atoms with E-state index in [0.29, 0.717) is 17.5 Å². The van der Waals surface area contributed by atoms with Gasteiger partial charge in [-0.05, 0) is 159 Å². The molecule has 15 rings (SSSR count). The van der Waals surface area contributed by atoms with Crippen molar-refractivity contribution in [2.24, 2.45) is 0 Å². The summed E-state index contributed by atoms with van der Waals surface area (Å²) in [5.74, 6) is 1.66. The highest BCUT2D eigenvalue weighted by Gasteiger charge is 2.45. The minimum atomic E-state index is 0.00774. The number of para-hydroxylation sites is 3. The van der Waals surface area contributed by atoms with E-state index in [1.165, 1.54) is 21.9 Å². The molecule has 466 valence electrons. The first-order valence-corrected chi connectivity index (χ1v) is 69.8. The van der Waals surface area contributed by atoms with Crippen LogP contribution in [-0.4, -0.2) is 19.5 Å². The first kappa shape index (κ1) is 70.3. The lowest BCUT2D eigenvalue weighted by Crippen LogP contribution is -2.00. The van der Waals surface area contributed by atoms with Gasteiger partial charge in [-0.25, -0.2) is 15.0 Å². The van der Waals surface area contributed by atoms with Crippen LogP contribution < -0.4 is 0 Å². The van der Waals surface area contributed by atoms with Gasteiger partial charge < -0.3 is 17.8 Å². The third kappa shape index (κ3) is 14.4. The minimum Gasteiger partial charge on any atom is -0.456 e. The quantitative estimate of drug-likeness (QED) is 0.0897. The van der Waals surface area contributed by atoms with Crippen molar-refractivity contribution in [3.05, 3.63) is 218 Å². The Balaban J connectivity index is 0.000000280. The van der Waals surface area contributed by atoms with Gasteiger partial charge in [-0.1, -0.05) is 154 Å². The summed E-state index contributed by atoms with van der Waals surface area (Å²) in [6.45, 7) is 0.655. The normalized spacial score (nSPS) is 13.2. The number of hydrogen-bond donors (Lipinski definition) is 0. The number of furan rings is 3. The van der Waals surface area contributed by atoms with Gasteiger partial charge in [-0.3, -0.25) is 0 Å². The molecule has 0 saturated carbocycles. The third-order valence-electron chi connectivity index (χ3n) is 15.7. The molecule has 5 heterocycles. The van der Waals surface area contributed by atoms with Crippen molar-refractivity contribution in [1.82, 2.24) is 19.5 Å². The number of nitrogens with zero attached hydrogens (tertiary/aromatic N) is 4. The van der Waals surface area contributed by atoms with Crippen LogP contribution >= 0.6 is 185 Å². The molecule has 15 atom stereocenters. The molecule has 7 nitrogen and oxygen atoms in total. The lowest BCUT2D eigenvalue weighted by Gasteiger charge is -2.47. The molecule has 0 aliphatic rings. The second-order valence-electron chi connectivity index (χ2n) is 21.3. The van der Waals surface area contributed by atoms with Gasteiger partial charge in [0, 0.05) is 65.8 Å². The highest BCUT2D eigenvalue weighted by molar-refractivity contribution is 9.39. The molecule has 10 aromatic carbocycles. The van der Waals surface area contributed by atoms with E-state index in [9.17, 15) is 0 Å². The Morgan fingerprint density at radius 2 is 0.796 bits per heavy atom. The minimum absolute atomic E-state index is 0.00774. The topological polar surface area (TPSA) is 83.0 Å². The van der Waals surface area contributed by atoms with E-state index in [0.717, 1.165) is 118 Å². The van der Waals surface area contributed by atoms with Crippen LogP contribution in [0.1, 0.15) is 0 Å². The van der Waals surface area contributed by atoms with Crippen LogP contribution in [0.2, 0.25) is 0 Å². The van der Waals surface area contributed by atoms with E-state index in [-0.39, 0.29) is 69.9 Å². The number of aromatic nitrogens is 4. The molecule has 0 fully saturated rings. The molecule has 0 aliphatic carbocycles. The SMILES string of the molecule is PPP(P)P(P(P)P)P(P(P(P)P)P(P)P)P(P(P)P)P(P)P.c1ccc(-c2ccc3c(c2)c2ccccc2n3-c2cc(-c3ccc4oc5cccc(-c6nc(-c7ccccc7)nc(-c7ccc8c(c7)oc7ccccc78)n6)c5c4c3)c3c(c2)oc2ccccc23)cc1. The molecule has 0 bridgehead atoms. The average molecular weight is 1630 g/mol. The van der Waals surface area contributed by atoms with Crippen molar-refractivity contribution < 1.29 is 13.3 Å². The Hall–Kier alpha value is 0.300. The molecule has 0 saturated heterocycles. The zero-order valence-electron chi connectivity index (χ0n) is 49.2. The highest BCUT2D eigenvalue weighted by atomic mass is 33.4. The molecule has 0 N–H and O–H groups in total. The molecule has 0 aliphatic heterocycles. The van der Waals surface area contributed by atoms with Gasteiger partial charge in [0.25, 0.3) is 0 Å². The van der Waals surface area contributed by atoms with Gasteiger partial charge >= 0.3 is 0 Å². The van der Waals surface area contributed by atoms with Crippen LogP contribution in [0.4, 0.5) is 0 Å². The molecule has 0 spiro atoms. The highest BCUT2D eigenvalue weighted by Crippen LogP contribution is 3.33. The van der Waals surface area contributed by atoms with Crippen LogP contribution in [0.15, 0.2) is 232 Å². The molecule has 15 aromatic rings. The number of benzene rings is 10. The Morgan fingerprint density at radius 1 is 0.301 bits per heavy atom. The molecule has 15 unspecified atom stereocenters. The van der Waals surface area contributed by atoms with E-state index < -0.39 is 0 Å². The lowest BCUT2D eigenvalue weighted by atomic mass is 9.96. The molecular weight excluding hydrogens is 1570 g/mol. The monoisotopic (exact) mass is 1630 g/mol. The summed E-state index contributed by atoms with van der Waals surface area (Å²) in [5, 5.41) is 8.47. The van der Waals surface area contributed by atoms with Crippen molar-refractivity contribution in [2.45, 2.75) is 0 Å². The summed E-state index contributed by atoms with van der Waals surface area (Å²) >= 11 is 0. The fraction of sp³-hybridized carbons (Fsp3) is 0. The summed E-state index contributed by atoms with van der Waals surface area (Å²) in [4.78, 5) is 15.5. The molecule has 0 radical (unpaired) electrons. The van der Waals surface area contributed by atoms with Crippen LogP contribution in [0, 0.1) is 0 Å². The Labute approximate surface area is 580 Å².